The van der Waals surface area contributed by atoms with Gasteiger partial charge >= 0.3 is 0 Å². The third-order valence-corrected chi connectivity index (χ3v) is 5.47. The third kappa shape index (κ3) is 4.01. The second-order valence-electron chi connectivity index (χ2n) is 5.67. The molecule has 0 aliphatic heterocycles. The van der Waals surface area contributed by atoms with Gasteiger partial charge in [-0.25, -0.2) is 9.97 Å². The molecule has 0 saturated heterocycles. The summed E-state index contributed by atoms with van der Waals surface area (Å²) in [4.78, 5) is 21.4. The molecule has 144 valence electrons. The smallest absolute Gasteiger partial charge is 0.275 e. The highest BCUT2D eigenvalue weighted by Gasteiger charge is 2.18. The van der Waals surface area contributed by atoms with E-state index in [1.165, 1.54) is 22.7 Å². The first-order valence-corrected chi connectivity index (χ1v) is 10.3. The first kappa shape index (κ1) is 18.5. The van der Waals surface area contributed by atoms with Crippen LogP contribution in [0.15, 0.2) is 35.5 Å². The zero-order valence-electron chi connectivity index (χ0n) is 15.0. The van der Waals surface area contributed by atoms with Crippen molar-refractivity contribution in [3.63, 3.8) is 0 Å². The van der Waals surface area contributed by atoms with Crippen molar-refractivity contribution >= 4 is 34.3 Å². The average Bonchev–Trinajstić information content (AvgIpc) is 3.47. The second-order valence-corrected chi connectivity index (χ2v) is 7.42. The molecule has 2 N–H and O–H groups in total. The van der Waals surface area contributed by atoms with Gasteiger partial charge in [0, 0.05) is 41.5 Å². The summed E-state index contributed by atoms with van der Waals surface area (Å²) in [5, 5.41) is 19.2. The number of nitrogens with one attached hydrogen (secondary N) is 2. The van der Waals surface area contributed by atoms with Gasteiger partial charge in [0.15, 0.2) is 0 Å². The van der Waals surface area contributed by atoms with Crippen molar-refractivity contribution in [1.29, 1.82) is 0 Å². The Morgan fingerprint density at radius 3 is 3.04 bits per heavy atom. The van der Waals surface area contributed by atoms with Gasteiger partial charge in [-0.3, -0.25) is 14.6 Å². The monoisotopic (exact) mass is 415 g/mol. The fourth-order valence-corrected chi connectivity index (χ4v) is 3.91. The number of carbonyl (C=O) groups is 1. The van der Waals surface area contributed by atoms with Gasteiger partial charge < -0.3 is 10.1 Å². The molecule has 4 aromatic heterocycles. The maximum atomic E-state index is 12.7. The molecule has 0 aliphatic carbocycles. The number of hydrogen-bond acceptors (Lipinski definition) is 8. The topological polar surface area (TPSA) is 111 Å². The van der Waals surface area contributed by atoms with Crippen molar-refractivity contribution in [2.24, 2.45) is 0 Å². The fourth-order valence-electron chi connectivity index (χ4n) is 2.49. The van der Waals surface area contributed by atoms with E-state index in [0.29, 0.717) is 36.8 Å². The molecular weight excluding hydrogens is 398 g/mol. The number of nitrogens with zero attached hydrogens (tertiary/aromatic N) is 5. The molecule has 1 amide bonds. The van der Waals surface area contributed by atoms with E-state index in [1.807, 2.05) is 12.3 Å². The first-order chi connectivity index (χ1) is 13.7. The Hall–Kier alpha value is -2.89. The second kappa shape index (κ2) is 8.42. The summed E-state index contributed by atoms with van der Waals surface area (Å²) in [6, 6.07) is 0. The first-order valence-electron chi connectivity index (χ1n) is 8.55. The Balaban J connectivity index is 1.55. The van der Waals surface area contributed by atoms with E-state index in [0.717, 1.165) is 15.6 Å². The van der Waals surface area contributed by atoms with Gasteiger partial charge in [0.25, 0.3) is 5.91 Å². The number of H-pyrrole nitrogens is 1. The van der Waals surface area contributed by atoms with Gasteiger partial charge in [-0.15, -0.1) is 22.7 Å². The lowest BCUT2D eigenvalue weighted by atomic mass is 10.3. The van der Waals surface area contributed by atoms with Gasteiger partial charge in [0.05, 0.1) is 25.0 Å². The Labute approximate surface area is 168 Å². The number of aromatic nitrogens is 6. The number of hydrogen-bond donors (Lipinski definition) is 2. The summed E-state index contributed by atoms with van der Waals surface area (Å²) in [5.74, 6) is -0.298. The lowest BCUT2D eigenvalue weighted by molar-refractivity contribution is 0.102. The van der Waals surface area contributed by atoms with E-state index in [2.05, 4.69) is 30.6 Å². The van der Waals surface area contributed by atoms with Crippen LogP contribution >= 0.6 is 22.7 Å². The lowest BCUT2D eigenvalue weighted by Gasteiger charge is -2.01. The molecule has 4 rings (SSSR count). The van der Waals surface area contributed by atoms with E-state index >= 15 is 0 Å². The largest absolute Gasteiger partial charge is 0.380 e. The molecule has 0 spiro atoms. The van der Waals surface area contributed by atoms with Crippen molar-refractivity contribution in [1.82, 2.24) is 29.9 Å². The van der Waals surface area contributed by atoms with Crippen LogP contribution in [0.5, 0.6) is 0 Å². The van der Waals surface area contributed by atoms with Crippen LogP contribution in [0.3, 0.4) is 0 Å². The SMILES string of the molecule is CCOCCn1cc(NC(=O)c2csc(-c3cn[nH]c3)n2)c(-c2nccs2)n1. The number of anilines is 1. The highest BCUT2D eigenvalue weighted by atomic mass is 32.1. The molecular formula is C17H17N7O2S2. The molecule has 0 atom stereocenters. The Morgan fingerprint density at radius 2 is 2.29 bits per heavy atom. The molecule has 0 radical (unpaired) electrons. The highest BCUT2D eigenvalue weighted by molar-refractivity contribution is 7.13. The molecule has 4 aromatic rings. The highest BCUT2D eigenvalue weighted by Crippen LogP contribution is 2.29. The van der Waals surface area contributed by atoms with Crippen LogP contribution in [0.1, 0.15) is 17.4 Å². The lowest BCUT2D eigenvalue weighted by Crippen LogP contribution is -2.12. The van der Waals surface area contributed by atoms with E-state index in [1.54, 1.807) is 34.8 Å². The fraction of sp³-hybridized carbons (Fsp3) is 0.235. The molecule has 0 aliphatic rings. The normalized spacial score (nSPS) is 11.0. The van der Waals surface area contributed by atoms with Gasteiger partial charge in [-0.2, -0.15) is 10.2 Å². The molecule has 0 saturated carbocycles. The van der Waals surface area contributed by atoms with E-state index in [9.17, 15) is 4.79 Å². The van der Waals surface area contributed by atoms with Crippen LogP contribution in [0.2, 0.25) is 0 Å². The summed E-state index contributed by atoms with van der Waals surface area (Å²) in [7, 11) is 0. The van der Waals surface area contributed by atoms with Gasteiger partial charge in [0.1, 0.15) is 21.4 Å². The molecule has 0 bridgehead atoms. The Bertz CT molecular complexity index is 1040. The number of ether oxygens (including phenoxy) is 1. The van der Waals surface area contributed by atoms with Gasteiger partial charge in [0.2, 0.25) is 0 Å². The minimum Gasteiger partial charge on any atom is -0.380 e. The number of rotatable bonds is 8. The predicted molar refractivity (Wildman–Crippen MR) is 107 cm³/mol. The van der Waals surface area contributed by atoms with Crippen molar-refractivity contribution < 1.29 is 9.53 Å². The maximum absolute atomic E-state index is 12.7. The Kier molecular flexibility index (Phi) is 5.55. The van der Waals surface area contributed by atoms with Gasteiger partial charge in [-0.05, 0) is 6.92 Å². The quantitative estimate of drug-likeness (QED) is 0.428. The summed E-state index contributed by atoms with van der Waals surface area (Å²) in [6.45, 7) is 3.72. The van der Waals surface area contributed by atoms with Crippen molar-refractivity contribution in [3.05, 3.63) is 41.2 Å². The number of amides is 1. The molecule has 0 fully saturated rings. The zero-order chi connectivity index (χ0) is 19.3. The summed E-state index contributed by atoms with van der Waals surface area (Å²) >= 11 is 2.85. The van der Waals surface area contributed by atoms with Crippen LogP contribution in [0, 0.1) is 0 Å². The molecule has 0 unspecified atom stereocenters. The van der Waals surface area contributed by atoms with Crippen molar-refractivity contribution in [2.75, 3.05) is 18.5 Å². The molecule has 0 aromatic carbocycles. The van der Waals surface area contributed by atoms with Crippen LogP contribution in [0.25, 0.3) is 21.3 Å². The van der Waals surface area contributed by atoms with E-state index < -0.39 is 0 Å². The summed E-state index contributed by atoms with van der Waals surface area (Å²) in [5.41, 5.74) is 2.41. The predicted octanol–water partition coefficient (Wildman–Crippen LogP) is 3.14. The zero-order valence-corrected chi connectivity index (χ0v) is 16.6. The summed E-state index contributed by atoms with van der Waals surface area (Å²) < 4.78 is 7.14. The molecule has 4 heterocycles. The number of carbonyl (C=O) groups excluding carboxylic acids is 1. The van der Waals surface area contributed by atoms with E-state index in [4.69, 9.17) is 4.74 Å². The molecule has 11 heteroatoms. The number of aromatic amines is 1. The van der Waals surface area contributed by atoms with Crippen molar-refractivity contribution in [3.8, 4) is 21.3 Å². The van der Waals surface area contributed by atoms with Crippen LogP contribution in [-0.2, 0) is 11.3 Å². The third-order valence-electron chi connectivity index (χ3n) is 3.80. The van der Waals surface area contributed by atoms with Crippen LogP contribution in [-0.4, -0.2) is 49.1 Å². The van der Waals surface area contributed by atoms with Crippen LogP contribution < -0.4 is 5.32 Å². The van der Waals surface area contributed by atoms with Crippen LogP contribution in [0.4, 0.5) is 5.69 Å². The van der Waals surface area contributed by atoms with Crippen molar-refractivity contribution in [2.45, 2.75) is 13.5 Å². The number of thiazole rings is 2. The standard InChI is InChI=1S/C17H17N7O2S2/c1-2-26-5-4-24-9-12(14(23-24)17-18-3-6-27-17)21-15(25)13-10-28-16(22-13)11-7-19-20-8-11/h3,6-10H,2,4-5H2,1H3,(H,19,20)(H,21,25). The maximum Gasteiger partial charge on any atom is 0.275 e. The van der Waals surface area contributed by atoms with Gasteiger partial charge in [-0.1, -0.05) is 0 Å². The summed E-state index contributed by atoms with van der Waals surface area (Å²) in [6.07, 6.45) is 6.91. The Morgan fingerprint density at radius 1 is 1.36 bits per heavy atom. The van der Waals surface area contributed by atoms with E-state index in [-0.39, 0.29) is 5.91 Å². The molecule has 9 nitrogen and oxygen atoms in total. The minimum absolute atomic E-state index is 0.298. The average molecular weight is 416 g/mol. The minimum atomic E-state index is -0.298. The molecule has 28 heavy (non-hydrogen) atoms.